The molecule has 0 radical (unpaired) electrons. The number of rotatable bonds is 9. The molecular formula is C21H29N6O4+. The standard InChI is InChI=1S/C21H28N6O4/c1-25(2)10-11-27(29,30)16-7-5-15(6-8-16)17-13-18-19(21(28)26(3)14-23-18)20(24-17)22-9-12-31-4/h5-8,13-14,29-30H,9-12H2,1-4H3/p+1. The first kappa shape index (κ1) is 22.8. The van der Waals surface area contributed by atoms with Crippen molar-refractivity contribution in [1.82, 2.24) is 24.2 Å². The van der Waals surface area contributed by atoms with Gasteiger partial charge in [-0.1, -0.05) is 0 Å². The van der Waals surface area contributed by atoms with Crippen LogP contribution < -0.4 is 15.7 Å². The average molecular weight is 430 g/mol. The largest absolute Gasteiger partial charge is 0.383 e. The van der Waals surface area contributed by atoms with E-state index in [0.717, 1.165) is 5.56 Å². The van der Waals surface area contributed by atoms with Crippen LogP contribution >= 0.6 is 0 Å². The first-order chi connectivity index (χ1) is 14.7. The number of nitrogens with zero attached hydrogens (tertiary/aromatic N) is 5. The van der Waals surface area contributed by atoms with Gasteiger partial charge < -0.3 is 19.5 Å². The van der Waals surface area contributed by atoms with E-state index < -0.39 is 4.81 Å². The number of aromatic nitrogens is 3. The van der Waals surface area contributed by atoms with Gasteiger partial charge in [-0.2, -0.15) is 10.4 Å². The Labute approximate surface area is 180 Å². The van der Waals surface area contributed by atoms with Crippen molar-refractivity contribution in [1.29, 1.82) is 0 Å². The molecule has 0 bridgehead atoms. The fourth-order valence-corrected chi connectivity index (χ4v) is 3.11. The Hall–Kier alpha value is -2.89. The zero-order chi connectivity index (χ0) is 22.6. The summed E-state index contributed by atoms with van der Waals surface area (Å²) in [5.74, 6) is 0.433. The molecule has 0 saturated carbocycles. The number of hydroxylamine groups is 2. The van der Waals surface area contributed by atoms with Gasteiger partial charge in [-0.15, -0.1) is 0 Å². The number of aryl methyl sites for hydroxylation is 1. The zero-order valence-corrected chi connectivity index (χ0v) is 18.2. The summed E-state index contributed by atoms with van der Waals surface area (Å²) < 4.78 is 6.49. The van der Waals surface area contributed by atoms with Gasteiger partial charge in [0.05, 0.1) is 30.7 Å². The third-order valence-corrected chi connectivity index (χ3v) is 4.94. The predicted molar refractivity (Wildman–Crippen MR) is 119 cm³/mol. The molecule has 3 N–H and O–H groups in total. The number of fused-ring (bicyclic) bond motifs is 1. The van der Waals surface area contributed by atoms with E-state index in [1.54, 1.807) is 44.5 Å². The Morgan fingerprint density at radius 1 is 1.23 bits per heavy atom. The molecule has 2 aromatic heterocycles. The lowest BCUT2D eigenvalue weighted by Crippen LogP contribution is -2.46. The second kappa shape index (κ2) is 9.50. The van der Waals surface area contributed by atoms with E-state index in [9.17, 15) is 15.2 Å². The number of hydrogen-bond acceptors (Lipinski definition) is 8. The fraction of sp³-hybridized carbons (Fsp3) is 0.381. The van der Waals surface area contributed by atoms with Crippen LogP contribution in [0, 0.1) is 0 Å². The summed E-state index contributed by atoms with van der Waals surface area (Å²) in [4.78, 5) is 22.3. The summed E-state index contributed by atoms with van der Waals surface area (Å²) in [6.07, 6.45) is 1.48. The van der Waals surface area contributed by atoms with Crippen LogP contribution in [0.1, 0.15) is 0 Å². The van der Waals surface area contributed by atoms with Gasteiger partial charge in [0.15, 0.2) is 12.2 Å². The van der Waals surface area contributed by atoms with E-state index in [0.29, 0.717) is 47.8 Å². The lowest BCUT2D eigenvalue weighted by Gasteiger charge is -2.22. The maximum Gasteiger partial charge on any atom is 0.264 e. The van der Waals surface area contributed by atoms with Crippen LogP contribution in [-0.2, 0) is 11.8 Å². The molecule has 0 fully saturated rings. The van der Waals surface area contributed by atoms with Crippen molar-refractivity contribution in [2.45, 2.75) is 0 Å². The summed E-state index contributed by atoms with van der Waals surface area (Å²) in [5, 5.41) is 24.2. The van der Waals surface area contributed by atoms with Gasteiger partial charge in [0.25, 0.3) is 5.56 Å². The normalized spacial score (nSPS) is 12.0. The van der Waals surface area contributed by atoms with Crippen LogP contribution in [-0.4, -0.2) is 77.3 Å². The Bertz CT molecular complexity index is 1100. The molecule has 3 aromatic rings. The Balaban J connectivity index is 1.98. The van der Waals surface area contributed by atoms with Crippen molar-refractivity contribution < 1.29 is 15.2 Å². The van der Waals surface area contributed by atoms with E-state index >= 15 is 0 Å². The molecule has 0 spiro atoms. The number of benzene rings is 1. The third kappa shape index (κ3) is 5.24. The molecule has 31 heavy (non-hydrogen) atoms. The molecular weight excluding hydrogens is 400 g/mol. The molecule has 0 aliphatic rings. The Morgan fingerprint density at radius 2 is 1.94 bits per heavy atom. The Kier molecular flexibility index (Phi) is 6.98. The van der Waals surface area contributed by atoms with E-state index in [4.69, 9.17) is 4.74 Å². The molecule has 10 heteroatoms. The minimum absolute atomic E-state index is 0.126. The second-order valence-corrected chi connectivity index (χ2v) is 7.63. The van der Waals surface area contributed by atoms with E-state index in [-0.39, 0.29) is 12.1 Å². The van der Waals surface area contributed by atoms with Crippen molar-refractivity contribution in [3.8, 4) is 11.3 Å². The topological polar surface area (TPSA) is 113 Å². The monoisotopic (exact) mass is 429 g/mol. The fourth-order valence-electron chi connectivity index (χ4n) is 3.11. The van der Waals surface area contributed by atoms with Gasteiger partial charge >= 0.3 is 0 Å². The van der Waals surface area contributed by atoms with Crippen molar-refractivity contribution in [3.63, 3.8) is 0 Å². The third-order valence-electron chi connectivity index (χ3n) is 4.94. The van der Waals surface area contributed by atoms with Gasteiger partial charge in [-0.25, -0.2) is 9.97 Å². The summed E-state index contributed by atoms with van der Waals surface area (Å²) in [7, 11) is 6.98. The number of ether oxygens (including phenoxy) is 1. The van der Waals surface area contributed by atoms with Crippen LogP contribution in [0.2, 0.25) is 0 Å². The number of pyridine rings is 1. The minimum atomic E-state index is -1.20. The van der Waals surface area contributed by atoms with Crippen LogP contribution in [0.5, 0.6) is 0 Å². The molecule has 166 valence electrons. The molecule has 3 rings (SSSR count). The summed E-state index contributed by atoms with van der Waals surface area (Å²) >= 11 is 0. The summed E-state index contributed by atoms with van der Waals surface area (Å²) in [6, 6.07) is 8.56. The minimum Gasteiger partial charge on any atom is -0.383 e. The van der Waals surface area contributed by atoms with Crippen LogP contribution in [0.25, 0.3) is 22.2 Å². The van der Waals surface area contributed by atoms with Crippen molar-refractivity contribution in [2.75, 3.05) is 52.8 Å². The van der Waals surface area contributed by atoms with Crippen LogP contribution in [0.4, 0.5) is 11.5 Å². The molecule has 0 saturated heterocycles. The molecule has 0 amide bonds. The number of quaternary nitrogens is 1. The highest BCUT2D eigenvalue weighted by Gasteiger charge is 2.26. The Morgan fingerprint density at radius 3 is 2.58 bits per heavy atom. The zero-order valence-electron chi connectivity index (χ0n) is 18.2. The van der Waals surface area contributed by atoms with Crippen LogP contribution in [0.3, 0.4) is 0 Å². The highest BCUT2D eigenvalue weighted by atomic mass is 16.8. The quantitative estimate of drug-likeness (QED) is 0.268. The van der Waals surface area contributed by atoms with Crippen LogP contribution in [0.15, 0.2) is 41.5 Å². The molecule has 0 aliphatic carbocycles. The molecule has 0 atom stereocenters. The molecule has 2 heterocycles. The number of hydrogen-bond donors (Lipinski definition) is 3. The van der Waals surface area contributed by atoms with Crippen molar-refractivity contribution in [3.05, 3.63) is 47.0 Å². The summed E-state index contributed by atoms with van der Waals surface area (Å²) in [5.41, 5.74) is 2.05. The van der Waals surface area contributed by atoms with Gasteiger partial charge in [-0.05, 0) is 37.1 Å². The van der Waals surface area contributed by atoms with E-state index in [1.165, 1.54) is 10.9 Å². The smallest absolute Gasteiger partial charge is 0.264 e. The van der Waals surface area contributed by atoms with E-state index in [2.05, 4.69) is 15.3 Å². The molecule has 0 unspecified atom stereocenters. The number of likely N-dealkylation sites (N-methyl/N-ethyl adjacent to an activating group) is 1. The van der Waals surface area contributed by atoms with E-state index in [1.807, 2.05) is 19.0 Å². The van der Waals surface area contributed by atoms with Gasteiger partial charge in [0.1, 0.15) is 11.2 Å². The lowest BCUT2D eigenvalue weighted by molar-refractivity contribution is -0.291. The second-order valence-electron chi connectivity index (χ2n) is 7.63. The number of anilines is 1. The highest BCUT2D eigenvalue weighted by molar-refractivity contribution is 5.91. The first-order valence-electron chi connectivity index (χ1n) is 9.91. The maximum absolute atomic E-state index is 12.6. The molecule has 10 nitrogen and oxygen atoms in total. The average Bonchev–Trinajstić information content (AvgIpc) is 2.75. The van der Waals surface area contributed by atoms with Gasteiger partial charge in [0, 0.05) is 38.4 Å². The predicted octanol–water partition coefficient (Wildman–Crippen LogP) is 1.70. The highest BCUT2D eigenvalue weighted by Crippen LogP contribution is 2.27. The molecule has 1 aromatic carbocycles. The number of methoxy groups -OCH3 is 1. The SMILES string of the molecule is COCCNc1nc(-c2ccc([N+](O)(O)CCN(C)C)cc2)cc2ncn(C)c(=O)c12. The lowest BCUT2D eigenvalue weighted by atomic mass is 10.1. The van der Waals surface area contributed by atoms with Gasteiger partial charge in [0.2, 0.25) is 0 Å². The maximum atomic E-state index is 12.6. The first-order valence-corrected chi connectivity index (χ1v) is 9.91. The number of nitrogens with one attached hydrogen (secondary N) is 1. The van der Waals surface area contributed by atoms with Gasteiger partial charge in [-0.3, -0.25) is 4.79 Å². The van der Waals surface area contributed by atoms with Crippen molar-refractivity contribution in [2.24, 2.45) is 7.05 Å². The molecule has 0 aliphatic heterocycles. The summed E-state index contributed by atoms with van der Waals surface area (Å²) in [6.45, 7) is 1.59. The van der Waals surface area contributed by atoms with Crippen molar-refractivity contribution >= 4 is 22.4 Å².